The largest absolute Gasteiger partial charge is 0.466 e. The Bertz CT molecular complexity index is 899. The molecule has 6 nitrogen and oxygen atoms in total. The van der Waals surface area contributed by atoms with Gasteiger partial charge >= 0.3 is 5.97 Å². The summed E-state index contributed by atoms with van der Waals surface area (Å²) in [6, 6.07) is 12.5. The maximum atomic E-state index is 12.6. The van der Waals surface area contributed by atoms with Crippen molar-refractivity contribution < 1.29 is 23.7 Å². The van der Waals surface area contributed by atoms with Crippen LogP contribution in [0.5, 0.6) is 5.75 Å². The zero-order chi connectivity index (χ0) is 23.6. The number of methoxy groups -OCH3 is 1. The lowest BCUT2D eigenvalue weighted by molar-refractivity contribution is -0.155. The lowest BCUT2D eigenvalue weighted by Gasteiger charge is -2.22. The molecule has 2 aromatic rings. The molecule has 0 bridgehead atoms. The first-order valence-electron chi connectivity index (χ1n) is 10.2. The van der Waals surface area contributed by atoms with E-state index >= 15 is 0 Å². The summed E-state index contributed by atoms with van der Waals surface area (Å²) in [5.74, 6) is 0.136. The smallest absolute Gasteiger partial charge is 0.308 e. The number of hydrogen-bond donors (Lipinski definition) is 0. The Morgan fingerprint density at radius 2 is 1.91 bits per heavy atom. The molecule has 0 amide bonds. The van der Waals surface area contributed by atoms with Gasteiger partial charge in [0.15, 0.2) is 6.79 Å². The first kappa shape index (κ1) is 26.3. The van der Waals surface area contributed by atoms with Gasteiger partial charge in [0.2, 0.25) is 0 Å². The molecule has 0 aliphatic carbocycles. The monoisotopic (exact) mass is 525 g/mol. The average molecular weight is 527 g/mol. The van der Waals surface area contributed by atoms with E-state index in [9.17, 15) is 4.79 Å². The molecule has 0 aromatic heterocycles. The van der Waals surface area contributed by atoms with Gasteiger partial charge in [-0.15, -0.1) is 0 Å². The lowest BCUT2D eigenvalue weighted by Crippen LogP contribution is -2.25. The molecule has 0 saturated heterocycles. The SMILES string of the molecule is COCCOCOc1c(Br)cc(Cl)cc1[C@H](CC(=O)OC(C)(C)C)N=Cc1ccccc1. The summed E-state index contributed by atoms with van der Waals surface area (Å²) in [4.78, 5) is 17.3. The van der Waals surface area contributed by atoms with Crippen LogP contribution in [-0.4, -0.2) is 44.9 Å². The minimum Gasteiger partial charge on any atom is -0.466 e. The number of benzene rings is 2. The normalized spacial score (nSPS) is 12.7. The summed E-state index contributed by atoms with van der Waals surface area (Å²) in [5, 5.41) is 0.489. The van der Waals surface area contributed by atoms with Gasteiger partial charge in [0.1, 0.15) is 11.4 Å². The molecule has 0 heterocycles. The van der Waals surface area contributed by atoms with Gasteiger partial charge in [0.25, 0.3) is 0 Å². The van der Waals surface area contributed by atoms with Gasteiger partial charge in [-0.1, -0.05) is 41.9 Å². The molecular weight excluding hydrogens is 498 g/mol. The van der Waals surface area contributed by atoms with Crippen molar-refractivity contribution in [2.24, 2.45) is 4.99 Å². The summed E-state index contributed by atoms with van der Waals surface area (Å²) in [5.41, 5.74) is 0.958. The van der Waals surface area contributed by atoms with Crippen LogP contribution < -0.4 is 4.74 Å². The number of halogens is 2. The van der Waals surface area contributed by atoms with Crippen molar-refractivity contribution in [3.05, 3.63) is 63.1 Å². The Kier molecular flexibility index (Phi) is 10.6. The van der Waals surface area contributed by atoms with Crippen LogP contribution in [0.15, 0.2) is 51.9 Å². The molecule has 0 fully saturated rings. The van der Waals surface area contributed by atoms with E-state index in [0.717, 1.165) is 5.56 Å². The Labute approximate surface area is 203 Å². The molecule has 0 saturated carbocycles. The van der Waals surface area contributed by atoms with Crippen LogP contribution in [0, 0.1) is 0 Å². The van der Waals surface area contributed by atoms with Crippen LogP contribution in [0.25, 0.3) is 0 Å². The molecular formula is C24H29BrClNO5. The number of carbonyl (C=O) groups is 1. The third kappa shape index (κ3) is 9.28. The summed E-state index contributed by atoms with van der Waals surface area (Å²) < 4.78 is 22.5. The zero-order valence-electron chi connectivity index (χ0n) is 18.8. The van der Waals surface area contributed by atoms with Crippen LogP contribution in [0.4, 0.5) is 0 Å². The highest BCUT2D eigenvalue weighted by atomic mass is 79.9. The Morgan fingerprint density at radius 1 is 1.19 bits per heavy atom. The highest BCUT2D eigenvalue weighted by Crippen LogP contribution is 2.39. The molecule has 0 radical (unpaired) electrons. The van der Waals surface area contributed by atoms with Crippen molar-refractivity contribution in [3.8, 4) is 5.75 Å². The number of nitrogens with zero attached hydrogens (tertiary/aromatic N) is 1. The van der Waals surface area contributed by atoms with Crippen molar-refractivity contribution in [2.45, 2.75) is 38.8 Å². The second-order valence-electron chi connectivity index (χ2n) is 7.96. The van der Waals surface area contributed by atoms with Gasteiger partial charge in [0.05, 0.1) is 30.1 Å². The van der Waals surface area contributed by atoms with E-state index < -0.39 is 11.6 Å². The van der Waals surface area contributed by atoms with Gasteiger partial charge < -0.3 is 18.9 Å². The topological polar surface area (TPSA) is 66.4 Å². The fraction of sp³-hybridized carbons (Fsp3) is 0.417. The van der Waals surface area contributed by atoms with Gasteiger partial charge in [-0.2, -0.15) is 0 Å². The van der Waals surface area contributed by atoms with E-state index in [1.165, 1.54) is 0 Å². The first-order valence-corrected chi connectivity index (χ1v) is 11.3. The van der Waals surface area contributed by atoms with Crippen molar-refractivity contribution in [1.29, 1.82) is 0 Å². The average Bonchev–Trinajstić information content (AvgIpc) is 2.71. The third-order valence-corrected chi connectivity index (χ3v) is 4.90. The maximum absolute atomic E-state index is 12.6. The Hall–Kier alpha value is -1.93. The van der Waals surface area contributed by atoms with E-state index in [0.29, 0.717) is 34.0 Å². The fourth-order valence-electron chi connectivity index (χ4n) is 2.78. The van der Waals surface area contributed by atoms with Crippen molar-refractivity contribution in [2.75, 3.05) is 27.1 Å². The van der Waals surface area contributed by atoms with Crippen LogP contribution in [0.2, 0.25) is 5.02 Å². The fourth-order valence-corrected chi connectivity index (χ4v) is 3.73. The summed E-state index contributed by atoms with van der Waals surface area (Å²) in [6.07, 6.45) is 1.75. The Morgan fingerprint density at radius 3 is 2.56 bits per heavy atom. The van der Waals surface area contributed by atoms with Gasteiger partial charge in [-0.3, -0.25) is 9.79 Å². The lowest BCUT2D eigenvalue weighted by atomic mass is 10.0. The van der Waals surface area contributed by atoms with Gasteiger partial charge in [-0.25, -0.2) is 0 Å². The first-order chi connectivity index (χ1) is 15.2. The second-order valence-corrected chi connectivity index (χ2v) is 9.26. The molecule has 0 aliphatic heterocycles. The minimum absolute atomic E-state index is 0.0121. The van der Waals surface area contributed by atoms with Crippen molar-refractivity contribution >= 4 is 39.7 Å². The predicted molar refractivity (Wildman–Crippen MR) is 130 cm³/mol. The van der Waals surface area contributed by atoms with E-state index in [4.69, 9.17) is 30.5 Å². The second kappa shape index (κ2) is 12.9. The van der Waals surface area contributed by atoms with Gasteiger partial charge in [0, 0.05) is 23.9 Å². The molecule has 32 heavy (non-hydrogen) atoms. The highest BCUT2D eigenvalue weighted by Gasteiger charge is 2.25. The van der Waals surface area contributed by atoms with E-state index in [1.807, 2.05) is 51.1 Å². The molecule has 174 valence electrons. The van der Waals surface area contributed by atoms with Crippen molar-refractivity contribution in [1.82, 2.24) is 0 Å². The summed E-state index contributed by atoms with van der Waals surface area (Å²) >= 11 is 9.83. The standard InChI is InChI=1S/C24H29BrClNO5/c1-24(2,3)32-22(28)14-21(27-15-17-8-6-5-7-9-17)19-12-18(26)13-20(25)23(19)31-16-30-11-10-29-4/h5-9,12-13,15,21H,10-11,14,16H2,1-4H3/t21-/m0/s1. The molecule has 0 N–H and O–H groups in total. The molecule has 0 spiro atoms. The van der Waals surface area contributed by atoms with E-state index in [-0.39, 0.29) is 19.2 Å². The minimum atomic E-state index is -0.603. The zero-order valence-corrected chi connectivity index (χ0v) is 21.1. The van der Waals surface area contributed by atoms with Crippen LogP contribution in [-0.2, 0) is 19.0 Å². The third-order valence-electron chi connectivity index (χ3n) is 4.10. The summed E-state index contributed by atoms with van der Waals surface area (Å²) in [7, 11) is 1.60. The quantitative estimate of drug-likeness (QED) is 0.156. The van der Waals surface area contributed by atoms with E-state index in [1.54, 1.807) is 25.5 Å². The number of carbonyl (C=O) groups excluding carboxylic acids is 1. The van der Waals surface area contributed by atoms with E-state index in [2.05, 4.69) is 20.9 Å². The van der Waals surface area contributed by atoms with Crippen LogP contribution >= 0.6 is 27.5 Å². The molecule has 0 unspecified atom stereocenters. The molecule has 8 heteroatoms. The van der Waals surface area contributed by atoms with Gasteiger partial charge in [-0.05, 0) is 54.4 Å². The number of rotatable bonds is 11. The Balaban J connectivity index is 2.35. The number of ether oxygens (including phenoxy) is 4. The van der Waals surface area contributed by atoms with Crippen LogP contribution in [0.3, 0.4) is 0 Å². The predicted octanol–water partition coefficient (Wildman–Crippen LogP) is 5.99. The highest BCUT2D eigenvalue weighted by molar-refractivity contribution is 9.10. The number of aliphatic imine (C=N–C) groups is 1. The molecule has 2 rings (SSSR count). The van der Waals surface area contributed by atoms with Crippen molar-refractivity contribution in [3.63, 3.8) is 0 Å². The maximum Gasteiger partial charge on any atom is 0.308 e. The molecule has 0 aliphatic rings. The molecule has 2 aromatic carbocycles. The summed E-state index contributed by atoms with van der Waals surface area (Å²) in [6.45, 7) is 6.35. The number of esters is 1. The van der Waals surface area contributed by atoms with Crippen LogP contribution in [0.1, 0.15) is 44.4 Å². The molecule has 1 atom stereocenters. The number of hydrogen-bond acceptors (Lipinski definition) is 6.